The molecule has 2 rings (SSSR count). The van der Waals surface area contributed by atoms with E-state index in [1.54, 1.807) is 7.11 Å². The van der Waals surface area contributed by atoms with Crippen LogP contribution < -0.4 is 10.1 Å². The monoisotopic (exact) mass is 285 g/mol. The highest BCUT2D eigenvalue weighted by Gasteiger charge is 2.20. The number of para-hydroxylation sites is 1. The van der Waals surface area contributed by atoms with Gasteiger partial charge in [-0.15, -0.1) is 0 Å². The van der Waals surface area contributed by atoms with E-state index >= 15 is 0 Å². The summed E-state index contributed by atoms with van der Waals surface area (Å²) in [6, 6.07) is 9.88. The Bertz CT molecular complexity index is 618. The third-order valence-corrected chi connectivity index (χ3v) is 3.14. The molecule has 0 spiro atoms. The van der Waals surface area contributed by atoms with Crippen molar-refractivity contribution in [3.05, 3.63) is 36.2 Å². The molecule has 4 nitrogen and oxygen atoms in total. The van der Waals surface area contributed by atoms with E-state index in [0.29, 0.717) is 0 Å². The minimum Gasteiger partial charge on any atom is -0.496 e. The Morgan fingerprint density at radius 1 is 1.14 bits per heavy atom. The Morgan fingerprint density at radius 3 is 2.48 bits per heavy atom. The Labute approximate surface area is 126 Å². The van der Waals surface area contributed by atoms with E-state index in [9.17, 15) is 0 Å². The third-order valence-electron chi connectivity index (χ3n) is 3.14. The van der Waals surface area contributed by atoms with E-state index in [1.807, 2.05) is 30.3 Å². The fourth-order valence-corrected chi connectivity index (χ4v) is 2.05. The lowest BCUT2D eigenvalue weighted by Gasteiger charge is -2.19. The number of hydrogen-bond acceptors (Lipinski definition) is 4. The first-order chi connectivity index (χ1) is 9.95. The quantitative estimate of drug-likeness (QED) is 0.926. The molecule has 1 N–H and O–H groups in total. The predicted molar refractivity (Wildman–Crippen MR) is 86.9 cm³/mol. The van der Waals surface area contributed by atoms with Gasteiger partial charge in [0.2, 0.25) is 0 Å². The highest BCUT2D eigenvalue weighted by atomic mass is 16.5. The van der Waals surface area contributed by atoms with E-state index in [1.165, 1.54) is 0 Å². The molecule has 21 heavy (non-hydrogen) atoms. The number of methoxy groups -OCH3 is 1. The Kier molecular flexibility index (Phi) is 4.46. The van der Waals surface area contributed by atoms with Crippen molar-refractivity contribution >= 4 is 5.82 Å². The zero-order valence-electron chi connectivity index (χ0n) is 13.4. The topological polar surface area (TPSA) is 47.0 Å². The first kappa shape index (κ1) is 15.3. The SMILES string of the molecule is CCNc1cc(-c2ccccc2OC)nc(C(C)(C)C)n1. The molecule has 0 bridgehead atoms. The van der Waals surface area contributed by atoms with Gasteiger partial charge < -0.3 is 10.1 Å². The molecule has 0 atom stereocenters. The van der Waals surface area contributed by atoms with E-state index in [-0.39, 0.29) is 5.41 Å². The maximum absolute atomic E-state index is 5.44. The normalized spacial score (nSPS) is 11.3. The molecular weight excluding hydrogens is 262 g/mol. The van der Waals surface area contributed by atoms with Crippen molar-refractivity contribution in [3.8, 4) is 17.0 Å². The maximum Gasteiger partial charge on any atom is 0.136 e. The van der Waals surface area contributed by atoms with Crippen LogP contribution in [0.25, 0.3) is 11.3 Å². The van der Waals surface area contributed by atoms with Crippen molar-refractivity contribution in [1.82, 2.24) is 9.97 Å². The van der Waals surface area contributed by atoms with E-state index in [4.69, 9.17) is 9.72 Å². The van der Waals surface area contributed by atoms with Gasteiger partial charge in [-0.1, -0.05) is 32.9 Å². The molecule has 1 aromatic heterocycles. The average molecular weight is 285 g/mol. The summed E-state index contributed by atoms with van der Waals surface area (Å²) in [6.45, 7) is 9.23. The number of ether oxygens (including phenoxy) is 1. The average Bonchev–Trinajstić information content (AvgIpc) is 2.46. The number of anilines is 1. The summed E-state index contributed by atoms with van der Waals surface area (Å²) in [6.07, 6.45) is 0. The number of benzene rings is 1. The van der Waals surface area contributed by atoms with Crippen LogP contribution in [0.1, 0.15) is 33.5 Å². The molecule has 1 aromatic carbocycles. The summed E-state index contributed by atoms with van der Waals surface area (Å²) in [5, 5.41) is 3.28. The molecule has 0 fully saturated rings. The molecule has 112 valence electrons. The van der Waals surface area contributed by atoms with Gasteiger partial charge in [-0.25, -0.2) is 9.97 Å². The summed E-state index contributed by atoms with van der Waals surface area (Å²) < 4.78 is 5.44. The number of nitrogens with zero attached hydrogens (tertiary/aromatic N) is 2. The maximum atomic E-state index is 5.44. The highest BCUT2D eigenvalue weighted by Crippen LogP contribution is 2.31. The second-order valence-corrected chi connectivity index (χ2v) is 5.94. The van der Waals surface area contributed by atoms with Gasteiger partial charge in [-0.2, -0.15) is 0 Å². The summed E-state index contributed by atoms with van der Waals surface area (Å²) >= 11 is 0. The minimum atomic E-state index is -0.109. The summed E-state index contributed by atoms with van der Waals surface area (Å²) in [5.74, 6) is 2.48. The van der Waals surface area contributed by atoms with Crippen LogP contribution in [0.15, 0.2) is 30.3 Å². The molecule has 4 heteroatoms. The molecule has 0 amide bonds. The molecule has 0 aliphatic rings. The fourth-order valence-electron chi connectivity index (χ4n) is 2.05. The molecule has 0 unspecified atom stereocenters. The fraction of sp³-hybridized carbons (Fsp3) is 0.412. The smallest absolute Gasteiger partial charge is 0.136 e. The molecule has 0 aliphatic heterocycles. The number of hydrogen-bond donors (Lipinski definition) is 1. The third kappa shape index (κ3) is 3.51. The van der Waals surface area contributed by atoms with Gasteiger partial charge >= 0.3 is 0 Å². The summed E-state index contributed by atoms with van der Waals surface area (Å²) in [5.41, 5.74) is 1.75. The molecule has 1 heterocycles. The summed E-state index contributed by atoms with van der Waals surface area (Å²) in [7, 11) is 1.68. The van der Waals surface area contributed by atoms with E-state index < -0.39 is 0 Å². The van der Waals surface area contributed by atoms with Gasteiger partial charge in [0.25, 0.3) is 0 Å². The van der Waals surface area contributed by atoms with Crippen molar-refractivity contribution in [2.24, 2.45) is 0 Å². The largest absolute Gasteiger partial charge is 0.496 e. The Hall–Kier alpha value is -2.10. The molecule has 0 radical (unpaired) electrons. The van der Waals surface area contributed by atoms with Crippen LogP contribution in [-0.2, 0) is 5.41 Å². The predicted octanol–water partition coefficient (Wildman–Crippen LogP) is 3.88. The first-order valence-corrected chi connectivity index (χ1v) is 7.22. The van der Waals surface area contributed by atoms with Crippen LogP contribution >= 0.6 is 0 Å². The van der Waals surface area contributed by atoms with Crippen molar-refractivity contribution in [2.45, 2.75) is 33.1 Å². The number of aromatic nitrogens is 2. The van der Waals surface area contributed by atoms with Crippen LogP contribution in [0, 0.1) is 0 Å². The Balaban J connectivity index is 2.59. The summed E-state index contributed by atoms with van der Waals surface area (Å²) in [4.78, 5) is 9.35. The lowest BCUT2D eigenvalue weighted by molar-refractivity contribution is 0.416. The van der Waals surface area contributed by atoms with Gasteiger partial charge in [-0.3, -0.25) is 0 Å². The second-order valence-electron chi connectivity index (χ2n) is 5.94. The molecular formula is C17H23N3O. The highest BCUT2D eigenvalue weighted by molar-refractivity contribution is 5.69. The van der Waals surface area contributed by atoms with Crippen LogP contribution in [0.5, 0.6) is 5.75 Å². The van der Waals surface area contributed by atoms with Crippen molar-refractivity contribution in [2.75, 3.05) is 19.0 Å². The van der Waals surface area contributed by atoms with E-state index in [0.717, 1.165) is 35.2 Å². The molecule has 0 aliphatic carbocycles. The molecule has 2 aromatic rings. The minimum absolute atomic E-state index is 0.109. The molecule has 0 saturated carbocycles. The standard InChI is InChI=1S/C17H23N3O/c1-6-18-15-11-13(19-16(20-15)17(2,3)4)12-9-7-8-10-14(12)21-5/h7-11H,6H2,1-5H3,(H,18,19,20). The number of nitrogens with one attached hydrogen (secondary N) is 1. The zero-order chi connectivity index (χ0) is 15.5. The van der Waals surface area contributed by atoms with Gasteiger partial charge in [0.05, 0.1) is 12.8 Å². The van der Waals surface area contributed by atoms with E-state index in [2.05, 4.69) is 38.0 Å². The van der Waals surface area contributed by atoms with Gasteiger partial charge in [0, 0.05) is 23.6 Å². The van der Waals surface area contributed by atoms with Crippen molar-refractivity contribution in [1.29, 1.82) is 0 Å². The van der Waals surface area contributed by atoms with Gasteiger partial charge in [0.1, 0.15) is 17.4 Å². The van der Waals surface area contributed by atoms with Gasteiger partial charge in [0.15, 0.2) is 0 Å². The number of rotatable bonds is 4. The lowest BCUT2D eigenvalue weighted by Crippen LogP contribution is -2.17. The lowest BCUT2D eigenvalue weighted by atomic mass is 9.95. The second kappa shape index (κ2) is 6.12. The van der Waals surface area contributed by atoms with Gasteiger partial charge in [-0.05, 0) is 19.1 Å². The first-order valence-electron chi connectivity index (χ1n) is 7.22. The van der Waals surface area contributed by atoms with Crippen molar-refractivity contribution < 1.29 is 4.74 Å². The van der Waals surface area contributed by atoms with Crippen LogP contribution in [0.2, 0.25) is 0 Å². The van der Waals surface area contributed by atoms with Crippen LogP contribution in [0.4, 0.5) is 5.82 Å². The Morgan fingerprint density at radius 2 is 1.86 bits per heavy atom. The van der Waals surface area contributed by atoms with Crippen LogP contribution in [0.3, 0.4) is 0 Å². The van der Waals surface area contributed by atoms with Crippen LogP contribution in [-0.4, -0.2) is 23.6 Å². The van der Waals surface area contributed by atoms with Crippen molar-refractivity contribution in [3.63, 3.8) is 0 Å². The molecule has 0 saturated heterocycles. The zero-order valence-corrected chi connectivity index (χ0v) is 13.4.